The lowest BCUT2D eigenvalue weighted by Crippen LogP contribution is -2.38. The zero-order chi connectivity index (χ0) is 25.4. The van der Waals surface area contributed by atoms with Crippen LogP contribution in [-0.4, -0.2) is 71.6 Å². The molecule has 2 aliphatic carbocycles. The van der Waals surface area contributed by atoms with Gasteiger partial charge in [0.2, 0.25) is 5.91 Å². The first-order valence-corrected chi connectivity index (χ1v) is 13.3. The van der Waals surface area contributed by atoms with Crippen molar-refractivity contribution in [2.75, 3.05) is 17.6 Å². The maximum absolute atomic E-state index is 13.3. The van der Waals surface area contributed by atoms with Crippen LogP contribution in [0, 0.1) is 11.7 Å². The van der Waals surface area contributed by atoms with Crippen LogP contribution in [0.1, 0.15) is 50.6 Å². The summed E-state index contributed by atoms with van der Waals surface area (Å²) in [5.74, 6) is 0.310. The van der Waals surface area contributed by atoms with Crippen LogP contribution in [0.4, 0.5) is 10.2 Å². The number of rotatable bonds is 9. The Morgan fingerprint density at radius 2 is 1.94 bits per heavy atom. The molecule has 1 aromatic carbocycles. The number of carbonyl (C=O) groups excluding carboxylic acids is 1. The van der Waals surface area contributed by atoms with E-state index in [2.05, 4.69) is 32.9 Å². The average molecular weight is 516 g/mol. The van der Waals surface area contributed by atoms with Gasteiger partial charge in [0, 0.05) is 24.3 Å². The fourth-order valence-corrected chi connectivity index (χ4v) is 5.51. The van der Waals surface area contributed by atoms with E-state index in [-0.39, 0.29) is 30.1 Å². The van der Waals surface area contributed by atoms with Crippen LogP contribution in [0.25, 0.3) is 11.2 Å². The summed E-state index contributed by atoms with van der Waals surface area (Å²) in [4.78, 5) is 21.8. The summed E-state index contributed by atoms with van der Waals surface area (Å²) < 4.78 is 14.8. The molecule has 0 spiro atoms. The number of aromatic nitrogens is 5. The maximum Gasteiger partial charge on any atom is 0.225 e. The Morgan fingerprint density at radius 1 is 1.17 bits per heavy atom. The molecule has 0 aliphatic heterocycles. The second-order valence-corrected chi connectivity index (χ2v) is 10.4. The molecule has 6 atom stereocenters. The van der Waals surface area contributed by atoms with Crippen molar-refractivity contribution in [3.8, 4) is 0 Å². The quantitative estimate of drug-likeness (QED) is 0.250. The molecule has 12 heteroatoms. The summed E-state index contributed by atoms with van der Waals surface area (Å²) >= 11 is 1.51. The number of halogens is 1. The largest absolute Gasteiger partial charge is 0.390 e. The predicted octanol–water partition coefficient (Wildman–Crippen LogP) is 2.25. The first-order chi connectivity index (χ1) is 17.4. The van der Waals surface area contributed by atoms with E-state index in [1.807, 2.05) is 0 Å². The molecule has 2 saturated carbocycles. The number of carbonyl (C=O) groups is 1. The molecule has 0 bridgehead atoms. The van der Waals surface area contributed by atoms with Gasteiger partial charge in [-0.2, -0.15) is 0 Å². The molecule has 4 N–H and O–H groups in total. The van der Waals surface area contributed by atoms with Gasteiger partial charge in [0.05, 0.1) is 18.1 Å². The molecule has 0 radical (unpaired) electrons. The smallest absolute Gasteiger partial charge is 0.225 e. The van der Waals surface area contributed by atoms with Gasteiger partial charge in [-0.3, -0.25) is 4.79 Å². The molecule has 2 aliphatic rings. The summed E-state index contributed by atoms with van der Waals surface area (Å²) in [5.41, 5.74) is 1.96. The normalized spacial score (nSPS) is 27.4. The van der Waals surface area contributed by atoms with E-state index >= 15 is 0 Å². The number of hydrogen-bond donors (Lipinski definition) is 4. The van der Waals surface area contributed by atoms with Crippen molar-refractivity contribution in [1.82, 2.24) is 30.3 Å². The Bertz CT molecular complexity index is 1240. The molecule has 1 amide bonds. The Kier molecular flexibility index (Phi) is 7.09. The number of aliphatic hydroxyl groups excluding tert-OH is 2. The second-order valence-electron chi connectivity index (χ2n) is 9.34. The Hall–Kier alpha value is -2.83. The number of hydrogen-bond acceptors (Lipinski definition) is 9. The molecule has 2 heterocycles. The van der Waals surface area contributed by atoms with Gasteiger partial charge in [0.25, 0.3) is 0 Å². The third kappa shape index (κ3) is 4.76. The number of aliphatic hydroxyl groups is 2. The summed E-state index contributed by atoms with van der Waals surface area (Å²) in [6.45, 7) is 4.32. The zero-order valence-corrected chi connectivity index (χ0v) is 21.0. The van der Waals surface area contributed by atoms with Crippen molar-refractivity contribution in [2.24, 2.45) is 5.92 Å². The lowest BCUT2D eigenvalue weighted by atomic mass is 10.0. The van der Waals surface area contributed by atoms with Crippen molar-refractivity contribution >= 4 is 34.7 Å². The fourth-order valence-electron chi connectivity index (χ4n) is 4.82. The highest BCUT2D eigenvalue weighted by Gasteiger charge is 2.47. The first-order valence-electron chi connectivity index (χ1n) is 12.3. The van der Waals surface area contributed by atoms with Crippen LogP contribution < -0.4 is 10.6 Å². The van der Waals surface area contributed by atoms with Crippen molar-refractivity contribution in [3.63, 3.8) is 0 Å². The van der Waals surface area contributed by atoms with Crippen LogP contribution >= 0.6 is 11.8 Å². The fraction of sp³-hybridized carbons (Fsp3) is 0.542. The minimum absolute atomic E-state index is 0.115. The van der Waals surface area contributed by atoms with E-state index in [1.54, 1.807) is 19.1 Å². The number of benzene rings is 1. The molecule has 36 heavy (non-hydrogen) atoms. The van der Waals surface area contributed by atoms with E-state index in [0.717, 1.165) is 24.2 Å². The maximum atomic E-state index is 13.3. The summed E-state index contributed by atoms with van der Waals surface area (Å²) in [6, 6.07) is 5.99. The molecular formula is C24H30FN7O3S. The zero-order valence-electron chi connectivity index (χ0n) is 20.1. The molecule has 10 nitrogen and oxygen atoms in total. The Labute approximate surface area is 212 Å². The summed E-state index contributed by atoms with van der Waals surface area (Å²) in [6.07, 6.45) is -0.357. The van der Waals surface area contributed by atoms with Crippen molar-refractivity contribution in [3.05, 3.63) is 35.6 Å². The number of thioether (sulfide) groups is 1. The van der Waals surface area contributed by atoms with Gasteiger partial charge in [-0.05, 0) is 43.9 Å². The SMILES string of the molecule is CCCSc1nc(NC2CC2c2ccc(F)cc2)c2nnn([C@H]3C[C@@H](C(=O)NCC)[C@H](O)[C@@H]3O)c2n1. The standard InChI is InChI=1S/C24H30FN7O3S/c1-3-9-36-24-28-21(27-16-10-14(16)12-5-7-13(25)8-6-12)18-22(29-24)32(31-30-18)17-11-15(19(33)20(17)34)23(35)26-4-2/h5-8,14-17,19-20,33-34H,3-4,9-11H2,1-2H3,(H,26,35)(H,27,28,29)/t14?,15-,16?,17+,19+,20-/m1/s1. The van der Waals surface area contributed by atoms with E-state index in [4.69, 9.17) is 4.98 Å². The molecule has 2 fully saturated rings. The highest BCUT2D eigenvalue weighted by atomic mass is 32.2. The molecule has 2 aromatic heterocycles. The second kappa shape index (κ2) is 10.3. The van der Waals surface area contributed by atoms with Gasteiger partial charge in [0.15, 0.2) is 22.1 Å². The van der Waals surface area contributed by atoms with E-state index < -0.39 is 24.2 Å². The lowest BCUT2D eigenvalue weighted by molar-refractivity contribution is -0.128. The van der Waals surface area contributed by atoms with Crippen molar-refractivity contribution < 1.29 is 19.4 Å². The van der Waals surface area contributed by atoms with Gasteiger partial charge in [0.1, 0.15) is 11.9 Å². The highest BCUT2D eigenvalue weighted by Crippen LogP contribution is 2.44. The van der Waals surface area contributed by atoms with Crippen LogP contribution in [0.2, 0.25) is 0 Å². The van der Waals surface area contributed by atoms with E-state index in [1.165, 1.54) is 28.6 Å². The number of nitrogens with one attached hydrogen (secondary N) is 2. The molecule has 5 rings (SSSR count). The van der Waals surface area contributed by atoms with E-state index in [9.17, 15) is 19.4 Å². The van der Waals surface area contributed by atoms with Gasteiger partial charge in [-0.1, -0.05) is 36.0 Å². The minimum Gasteiger partial charge on any atom is -0.390 e. The molecule has 3 aromatic rings. The molecule has 2 unspecified atom stereocenters. The van der Waals surface area contributed by atoms with Crippen LogP contribution in [-0.2, 0) is 4.79 Å². The third-order valence-corrected chi connectivity index (χ3v) is 7.86. The Balaban J connectivity index is 1.44. The number of amides is 1. The molecule has 192 valence electrons. The van der Waals surface area contributed by atoms with E-state index in [0.29, 0.717) is 28.7 Å². The van der Waals surface area contributed by atoms with Crippen molar-refractivity contribution in [1.29, 1.82) is 0 Å². The van der Waals surface area contributed by atoms with Crippen LogP contribution in [0.15, 0.2) is 29.4 Å². The van der Waals surface area contributed by atoms with Gasteiger partial charge < -0.3 is 20.8 Å². The minimum atomic E-state index is -1.21. The monoisotopic (exact) mass is 515 g/mol. The summed E-state index contributed by atoms with van der Waals surface area (Å²) in [7, 11) is 0. The highest BCUT2D eigenvalue weighted by molar-refractivity contribution is 7.99. The average Bonchev–Trinajstić information content (AvgIpc) is 3.40. The van der Waals surface area contributed by atoms with Crippen LogP contribution in [0.3, 0.4) is 0 Å². The molecular weight excluding hydrogens is 485 g/mol. The van der Waals surface area contributed by atoms with Gasteiger partial charge >= 0.3 is 0 Å². The van der Waals surface area contributed by atoms with Gasteiger partial charge in [-0.15, -0.1) is 5.10 Å². The predicted molar refractivity (Wildman–Crippen MR) is 133 cm³/mol. The Morgan fingerprint density at radius 3 is 2.67 bits per heavy atom. The van der Waals surface area contributed by atoms with Gasteiger partial charge in [-0.25, -0.2) is 19.0 Å². The number of anilines is 1. The number of fused-ring (bicyclic) bond motifs is 1. The number of nitrogens with zero attached hydrogens (tertiary/aromatic N) is 5. The lowest BCUT2D eigenvalue weighted by Gasteiger charge is -2.17. The molecule has 0 saturated heterocycles. The topological polar surface area (TPSA) is 138 Å². The summed E-state index contributed by atoms with van der Waals surface area (Å²) in [5, 5.41) is 36.7. The van der Waals surface area contributed by atoms with Crippen molar-refractivity contribution in [2.45, 2.75) is 68.5 Å². The first kappa shape index (κ1) is 24.8. The third-order valence-electron chi connectivity index (χ3n) is 6.80. The van der Waals surface area contributed by atoms with Crippen LogP contribution in [0.5, 0.6) is 0 Å².